The molecule has 1 aliphatic rings. The molecule has 1 rings (SSSR count). The third-order valence-electron chi connectivity index (χ3n) is 3.22. The van der Waals surface area contributed by atoms with Crippen molar-refractivity contribution in [2.45, 2.75) is 24.5 Å². The summed E-state index contributed by atoms with van der Waals surface area (Å²) >= 11 is 0. The Morgan fingerprint density at radius 2 is 2.05 bits per heavy atom. The number of nitrogens with zero attached hydrogens (tertiary/aromatic N) is 3. The number of aliphatic hydroxyl groups excluding tert-OH is 3. The lowest BCUT2D eigenvalue weighted by Gasteiger charge is -2.31. The van der Waals surface area contributed by atoms with Crippen molar-refractivity contribution in [3.8, 4) is 0 Å². The van der Waals surface area contributed by atoms with E-state index in [1.54, 1.807) is 0 Å². The van der Waals surface area contributed by atoms with E-state index >= 15 is 0 Å². The van der Waals surface area contributed by atoms with Crippen LogP contribution in [0.15, 0.2) is 5.29 Å². The summed E-state index contributed by atoms with van der Waals surface area (Å²) in [4.78, 5) is 23.7. The standard InChI is InChI=1S/C11H20FN3O7/c1-21-5-4-14(11(19)15(13-20)3-2-12)10-9(18)8(17)7(6-16)22-10/h7-10,16-18H,2-6H2,1H3/t7-,8-,9-,10?/m1/s1. The topological polar surface area (TPSA) is 132 Å². The molecule has 1 saturated heterocycles. The van der Waals surface area contributed by atoms with Crippen LogP contribution in [-0.2, 0) is 9.47 Å². The van der Waals surface area contributed by atoms with Crippen LogP contribution in [0.4, 0.5) is 9.18 Å². The SMILES string of the molecule is COCCN(C(=O)N(CCF)N=O)C1O[C@H](CO)[C@@H](O)[C@H]1O. The van der Waals surface area contributed by atoms with E-state index in [-0.39, 0.29) is 13.2 Å². The molecule has 22 heavy (non-hydrogen) atoms. The highest BCUT2D eigenvalue weighted by molar-refractivity contribution is 5.74. The number of aliphatic hydroxyl groups is 3. The minimum atomic E-state index is -1.50. The molecule has 0 bridgehead atoms. The van der Waals surface area contributed by atoms with Crippen molar-refractivity contribution in [3.05, 3.63) is 4.91 Å². The summed E-state index contributed by atoms with van der Waals surface area (Å²) in [6.07, 6.45) is -5.32. The fourth-order valence-electron chi connectivity index (χ4n) is 2.06. The molecule has 3 N–H and O–H groups in total. The van der Waals surface area contributed by atoms with Crippen molar-refractivity contribution in [2.24, 2.45) is 5.29 Å². The van der Waals surface area contributed by atoms with E-state index in [1.807, 2.05) is 0 Å². The first-order valence-electron chi connectivity index (χ1n) is 6.60. The Bertz CT molecular complexity index is 376. The molecule has 0 aromatic heterocycles. The molecule has 0 radical (unpaired) electrons. The summed E-state index contributed by atoms with van der Waals surface area (Å²) in [5, 5.41) is 31.5. The van der Waals surface area contributed by atoms with Crippen LogP contribution in [0, 0.1) is 4.91 Å². The monoisotopic (exact) mass is 325 g/mol. The lowest BCUT2D eigenvalue weighted by Crippen LogP contribution is -2.52. The molecule has 1 fully saturated rings. The summed E-state index contributed by atoms with van der Waals surface area (Å²) < 4.78 is 22.4. The second-order valence-corrected chi connectivity index (χ2v) is 4.59. The number of ether oxygens (including phenoxy) is 2. The summed E-state index contributed by atoms with van der Waals surface area (Å²) in [6, 6.07) is -1.00. The molecule has 0 saturated carbocycles. The zero-order valence-electron chi connectivity index (χ0n) is 12.0. The molecule has 11 heteroatoms. The van der Waals surface area contributed by atoms with E-state index in [0.29, 0.717) is 5.01 Å². The van der Waals surface area contributed by atoms with Crippen LogP contribution in [0.3, 0.4) is 0 Å². The molecule has 4 atom stereocenters. The van der Waals surface area contributed by atoms with Gasteiger partial charge in [-0.15, -0.1) is 4.91 Å². The van der Waals surface area contributed by atoms with Gasteiger partial charge in [-0.1, -0.05) is 0 Å². The summed E-state index contributed by atoms with van der Waals surface area (Å²) in [5.41, 5.74) is 0. The van der Waals surface area contributed by atoms with Crippen LogP contribution >= 0.6 is 0 Å². The van der Waals surface area contributed by atoms with Gasteiger partial charge in [-0.2, -0.15) is 5.01 Å². The van der Waals surface area contributed by atoms with Crippen molar-refractivity contribution < 1.29 is 34.0 Å². The summed E-state index contributed by atoms with van der Waals surface area (Å²) in [6.45, 7) is -2.16. The first kappa shape index (κ1) is 18.6. The predicted octanol–water partition coefficient (Wildman–Crippen LogP) is -1.55. The maximum atomic E-state index is 12.3. The Morgan fingerprint density at radius 1 is 1.36 bits per heavy atom. The zero-order valence-corrected chi connectivity index (χ0v) is 12.0. The van der Waals surface area contributed by atoms with Gasteiger partial charge in [-0.3, -0.25) is 4.90 Å². The molecule has 0 aromatic rings. The van der Waals surface area contributed by atoms with E-state index in [2.05, 4.69) is 5.29 Å². The number of carbonyl (C=O) groups excluding carboxylic acids is 1. The highest BCUT2D eigenvalue weighted by Gasteiger charge is 2.47. The van der Waals surface area contributed by atoms with Gasteiger partial charge in [0, 0.05) is 13.7 Å². The zero-order chi connectivity index (χ0) is 16.7. The quantitative estimate of drug-likeness (QED) is 0.363. The third-order valence-corrected chi connectivity index (χ3v) is 3.22. The fraction of sp³-hybridized carbons (Fsp3) is 0.909. The molecule has 1 heterocycles. The second-order valence-electron chi connectivity index (χ2n) is 4.59. The number of nitroso groups, excluding NO2 is 1. The molecule has 0 spiro atoms. The number of amides is 2. The van der Waals surface area contributed by atoms with E-state index in [1.165, 1.54) is 7.11 Å². The van der Waals surface area contributed by atoms with Gasteiger partial charge in [0.15, 0.2) is 6.23 Å². The normalized spacial score (nSPS) is 27.7. The number of carbonyl (C=O) groups is 1. The number of hydrogen-bond acceptors (Lipinski definition) is 8. The Labute approximate surface area is 126 Å². The van der Waals surface area contributed by atoms with Gasteiger partial charge in [0.2, 0.25) is 0 Å². The molecule has 0 aliphatic carbocycles. The highest BCUT2D eigenvalue weighted by atomic mass is 19.1. The molecule has 1 aliphatic heterocycles. The van der Waals surface area contributed by atoms with Crippen molar-refractivity contribution in [1.29, 1.82) is 0 Å². The summed E-state index contributed by atoms with van der Waals surface area (Å²) in [5.74, 6) is 0. The largest absolute Gasteiger partial charge is 0.394 e. The van der Waals surface area contributed by atoms with Crippen LogP contribution in [0.1, 0.15) is 0 Å². The van der Waals surface area contributed by atoms with Crippen LogP contribution in [0.5, 0.6) is 0 Å². The second kappa shape index (κ2) is 8.90. The van der Waals surface area contributed by atoms with E-state index in [4.69, 9.17) is 14.6 Å². The lowest BCUT2D eigenvalue weighted by molar-refractivity contribution is -0.0875. The van der Waals surface area contributed by atoms with Gasteiger partial charge < -0.3 is 24.8 Å². The van der Waals surface area contributed by atoms with Gasteiger partial charge in [-0.25, -0.2) is 9.18 Å². The van der Waals surface area contributed by atoms with E-state index in [9.17, 15) is 24.3 Å². The predicted molar refractivity (Wildman–Crippen MR) is 70.2 cm³/mol. The number of urea groups is 1. The van der Waals surface area contributed by atoms with Crippen LogP contribution < -0.4 is 0 Å². The Balaban J connectivity index is 2.92. The minimum absolute atomic E-state index is 0.0422. The van der Waals surface area contributed by atoms with Crippen LogP contribution in [0.2, 0.25) is 0 Å². The smallest absolute Gasteiger partial charge is 0.345 e. The number of halogens is 1. The number of alkyl halides is 1. The Hall–Kier alpha value is -1.40. The number of hydrogen-bond donors (Lipinski definition) is 3. The number of methoxy groups -OCH3 is 1. The van der Waals surface area contributed by atoms with Crippen molar-refractivity contribution in [3.63, 3.8) is 0 Å². The average Bonchev–Trinajstić information content (AvgIpc) is 2.81. The molecule has 2 amide bonds. The van der Waals surface area contributed by atoms with Gasteiger partial charge in [0.25, 0.3) is 0 Å². The highest BCUT2D eigenvalue weighted by Crippen LogP contribution is 2.25. The molecule has 1 unspecified atom stereocenters. The van der Waals surface area contributed by atoms with Gasteiger partial charge in [-0.05, 0) is 0 Å². The summed E-state index contributed by atoms with van der Waals surface area (Å²) in [7, 11) is 1.37. The van der Waals surface area contributed by atoms with E-state index in [0.717, 1.165) is 4.90 Å². The third kappa shape index (κ3) is 4.08. The maximum absolute atomic E-state index is 12.3. The maximum Gasteiger partial charge on any atom is 0.345 e. The Morgan fingerprint density at radius 3 is 2.50 bits per heavy atom. The molecule has 10 nitrogen and oxygen atoms in total. The Kier molecular flexibility index (Phi) is 7.55. The average molecular weight is 325 g/mol. The molecule has 0 aromatic carbocycles. The van der Waals surface area contributed by atoms with Crippen LogP contribution in [0.25, 0.3) is 0 Å². The van der Waals surface area contributed by atoms with Gasteiger partial charge in [0.1, 0.15) is 25.0 Å². The van der Waals surface area contributed by atoms with Crippen molar-refractivity contribution in [2.75, 3.05) is 40.1 Å². The van der Waals surface area contributed by atoms with Crippen molar-refractivity contribution >= 4 is 6.03 Å². The van der Waals surface area contributed by atoms with Crippen molar-refractivity contribution in [1.82, 2.24) is 9.91 Å². The van der Waals surface area contributed by atoms with Crippen LogP contribution in [-0.4, -0.2) is 95.9 Å². The molecular formula is C11H20FN3O7. The minimum Gasteiger partial charge on any atom is -0.394 e. The first-order chi connectivity index (χ1) is 10.5. The van der Waals surface area contributed by atoms with E-state index < -0.39 is 50.4 Å². The first-order valence-corrected chi connectivity index (χ1v) is 6.60. The molecule has 128 valence electrons. The molecular weight excluding hydrogens is 305 g/mol. The van der Waals surface area contributed by atoms with Gasteiger partial charge in [0.05, 0.1) is 25.0 Å². The lowest BCUT2D eigenvalue weighted by atomic mass is 10.1. The fourth-order valence-corrected chi connectivity index (χ4v) is 2.06. The van der Waals surface area contributed by atoms with Gasteiger partial charge >= 0.3 is 6.03 Å². The number of rotatable bonds is 8.